The quantitative estimate of drug-likeness (QED) is 0.681. The van der Waals surface area contributed by atoms with E-state index in [1.54, 1.807) is 30.5 Å². The molecule has 1 aromatic rings. The molecular weight excluding hydrogens is 328 g/mol. The third-order valence-electron chi connectivity index (χ3n) is 3.03. The Labute approximate surface area is 133 Å². The first kappa shape index (κ1) is 18.2. The number of sulfonamides is 1. The molecule has 0 aromatic heterocycles. The van der Waals surface area contributed by atoms with Crippen molar-refractivity contribution in [2.24, 2.45) is 5.73 Å². The Balaban J connectivity index is 2.56. The predicted octanol–water partition coefficient (Wildman–Crippen LogP) is 0.897. The van der Waals surface area contributed by atoms with E-state index >= 15 is 0 Å². The van der Waals surface area contributed by atoms with Crippen molar-refractivity contribution in [2.45, 2.75) is 24.3 Å². The van der Waals surface area contributed by atoms with Gasteiger partial charge < -0.3 is 5.73 Å². The van der Waals surface area contributed by atoms with E-state index in [4.69, 9.17) is 18.0 Å². The maximum atomic E-state index is 11.9. The number of rotatable bonds is 8. The smallest absolute Gasteiger partial charge is 0.215 e. The van der Waals surface area contributed by atoms with Crippen LogP contribution in [-0.2, 0) is 26.6 Å². The highest BCUT2D eigenvalue weighted by molar-refractivity contribution is 7.88. The molecule has 0 saturated heterocycles. The molecule has 0 bridgehead atoms. The zero-order chi connectivity index (χ0) is 16.0. The van der Waals surface area contributed by atoms with Crippen LogP contribution in [0.1, 0.15) is 24.5 Å². The van der Waals surface area contributed by atoms with Crippen LogP contribution in [-0.4, -0.2) is 35.7 Å². The van der Waals surface area contributed by atoms with E-state index in [9.17, 15) is 12.6 Å². The Hall–Kier alpha value is -0.830. The van der Waals surface area contributed by atoms with E-state index in [2.05, 4.69) is 4.72 Å². The minimum atomic E-state index is -3.40. The van der Waals surface area contributed by atoms with Gasteiger partial charge in [0.1, 0.15) is 4.99 Å². The lowest BCUT2D eigenvalue weighted by Crippen LogP contribution is -2.28. The summed E-state index contributed by atoms with van der Waals surface area (Å²) < 4.78 is 37.6. The summed E-state index contributed by atoms with van der Waals surface area (Å²) in [6, 6.07) is 6.79. The molecule has 5 nitrogen and oxygen atoms in total. The number of hydrogen-bond acceptors (Lipinski definition) is 4. The van der Waals surface area contributed by atoms with Crippen molar-refractivity contribution in [3.8, 4) is 0 Å². The Bertz CT molecular complexity index is 612. The van der Waals surface area contributed by atoms with Crippen LogP contribution in [0.25, 0.3) is 0 Å². The largest absolute Gasteiger partial charge is 0.389 e. The zero-order valence-corrected chi connectivity index (χ0v) is 14.5. The van der Waals surface area contributed by atoms with Gasteiger partial charge >= 0.3 is 0 Å². The molecule has 2 unspecified atom stereocenters. The second kappa shape index (κ2) is 7.98. The standard InChI is InChI=1S/C13H20N2O3S3/c1-10(20(2)16)7-8-15-21(17,18)9-11-3-5-12(6-4-11)13(14)19/h3-6,10,15H,7-9H2,1-2H3,(H2,14,19). The summed E-state index contributed by atoms with van der Waals surface area (Å²) in [5.74, 6) is -0.103. The minimum absolute atomic E-state index is 0.0300. The molecule has 8 heteroatoms. The summed E-state index contributed by atoms with van der Waals surface area (Å²) in [5, 5.41) is -0.0300. The van der Waals surface area contributed by atoms with Gasteiger partial charge in [-0.05, 0) is 12.0 Å². The van der Waals surface area contributed by atoms with Crippen molar-refractivity contribution in [3.63, 3.8) is 0 Å². The molecule has 3 N–H and O–H groups in total. The van der Waals surface area contributed by atoms with Gasteiger partial charge in [0.15, 0.2) is 0 Å². The lowest BCUT2D eigenvalue weighted by atomic mass is 10.1. The van der Waals surface area contributed by atoms with E-state index in [-0.39, 0.29) is 22.5 Å². The second-order valence-corrected chi connectivity index (χ2v) is 8.86. The molecule has 0 saturated carbocycles. The SMILES string of the molecule is CC(CCNS(=O)(=O)Cc1ccc(C(N)=S)cc1)S(C)=O. The number of nitrogens with one attached hydrogen (secondary N) is 1. The summed E-state index contributed by atoms with van der Waals surface area (Å²) in [6.07, 6.45) is 2.16. The number of hydrogen-bond donors (Lipinski definition) is 2. The molecule has 1 rings (SSSR count). The normalized spacial score (nSPS) is 14.6. The molecule has 21 heavy (non-hydrogen) atoms. The Kier molecular flexibility index (Phi) is 6.92. The fraction of sp³-hybridized carbons (Fsp3) is 0.462. The van der Waals surface area contributed by atoms with E-state index in [0.29, 0.717) is 17.5 Å². The zero-order valence-electron chi connectivity index (χ0n) is 12.0. The summed E-state index contributed by atoms with van der Waals surface area (Å²) in [6.45, 7) is 2.12. The average molecular weight is 349 g/mol. The molecule has 0 aliphatic carbocycles. The van der Waals surface area contributed by atoms with E-state index in [1.165, 1.54) is 0 Å². The van der Waals surface area contributed by atoms with Crippen molar-refractivity contribution in [1.29, 1.82) is 0 Å². The number of nitrogens with two attached hydrogens (primary N) is 1. The molecular formula is C13H20N2O3S3. The molecule has 2 atom stereocenters. The van der Waals surface area contributed by atoms with Crippen molar-refractivity contribution in [1.82, 2.24) is 4.72 Å². The average Bonchev–Trinajstić information content (AvgIpc) is 2.38. The van der Waals surface area contributed by atoms with Crippen LogP contribution in [0.2, 0.25) is 0 Å². The van der Waals surface area contributed by atoms with E-state index < -0.39 is 20.8 Å². The third kappa shape index (κ3) is 6.64. The maximum absolute atomic E-state index is 11.9. The van der Waals surface area contributed by atoms with Crippen LogP contribution in [0, 0.1) is 0 Å². The van der Waals surface area contributed by atoms with Gasteiger partial charge in [-0.15, -0.1) is 0 Å². The van der Waals surface area contributed by atoms with Gasteiger partial charge in [0, 0.05) is 34.4 Å². The molecule has 0 amide bonds. The lowest BCUT2D eigenvalue weighted by molar-refractivity contribution is 0.577. The highest BCUT2D eigenvalue weighted by Gasteiger charge is 2.13. The topological polar surface area (TPSA) is 89.3 Å². The molecule has 0 heterocycles. The fourth-order valence-electron chi connectivity index (χ4n) is 1.62. The van der Waals surface area contributed by atoms with Gasteiger partial charge in [0.2, 0.25) is 10.0 Å². The van der Waals surface area contributed by atoms with Crippen LogP contribution in [0.5, 0.6) is 0 Å². The first-order chi connectivity index (χ1) is 9.71. The molecule has 0 aliphatic rings. The molecule has 0 aliphatic heterocycles. The summed E-state index contributed by atoms with van der Waals surface area (Å²) >= 11 is 4.84. The van der Waals surface area contributed by atoms with Gasteiger partial charge in [-0.2, -0.15) is 0 Å². The minimum Gasteiger partial charge on any atom is -0.389 e. The Morgan fingerprint density at radius 2 is 1.95 bits per heavy atom. The van der Waals surface area contributed by atoms with Gasteiger partial charge in [-0.25, -0.2) is 13.1 Å². The van der Waals surface area contributed by atoms with Crippen LogP contribution in [0.3, 0.4) is 0 Å². The summed E-state index contributed by atoms with van der Waals surface area (Å²) in [5.41, 5.74) is 6.85. The van der Waals surface area contributed by atoms with Crippen LogP contribution < -0.4 is 10.5 Å². The number of benzene rings is 1. The molecule has 0 spiro atoms. The highest BCUT2D eigenvalue weighted by atomic mass is 32.2. The maximum Gasteiger partial charge on any atom is 0.215 e. The lowest BCUT2D eigenvalue weighted by Gasteiger charge is -2.10. The molecule has 0 fully saturated rings. The van der Waals surface area contributed by atoms with E-state index in [0.717, 1.165) is 0 Å². The third-order valence-corrected chi connectivity index (χ3v) is 6.00. The van der Waals surface area contributed by atoms with Crippen molar-refractivity contribution >= 4 is 38.0 Å². The summed E-state index contributed by atoms with van der Waals surface area (Å²) in [4.78, 5) is 0.282. The molecule has 1 aromatic carbocycles. The van der Waals surface area contributed by atoms with Crippen LogP contribution >= 0.6 is 12.2 Å². The predicted molar refractivity (Wildman–Crippen MR) is 91.1 cm³/mol. The van der Waals surface area contributed by atoms with Gasteiger partial charge in [0.25, 0.3) is 0 Å². The summed E-state index contributed by atoms with van der Waals surface area (Å²) in [7, 11) is -4.34. The Morgan fingerprint density at radius 1 is 1.38 bits per heavy atom. The molecule has 118 valence electrons. The monoisotopic (exact) mass is 348 g/mol. The fourth-order valence-corrected chi connectivity index (χ4v) is 3.37. The number of thiocarbonyl (C=S) groups is 1. The van der Waals surface area contributed by atoms with Gasteiger partial charge in [-0.1, -0.05) is 43.4 Å². The van der Waals surface area contributed by atoms with Gasteiger partial charge in [-0.3, -0.25) is 4.21 Å². The van der Waals surface area contributed by atoms with Crippen molar-refractivity contribution in [3.05, 3.63) is 35.4 Å². The van der Waals surface area contributed by atoms with Crippen LogP contribution in [0.15, 0.2) is 24.3 Å². The van der Waals surface area contributed by atoms with E-state index in [1.807, 2.05) is 6.92 Å². The molecule has 0 radical (unpaired) electrons. The van der Waals surface area contributed by atoms with Crippen molar-refractivity contribution in [2.75, 3.05) is 12.8 Å². The van der Waals surface area contributed by atoms with Crippen molar-refractivity contribution < 1.29 is 12.6 Å². The van der Waals surface area contributed by atoms with Gasteiger partial charge in [0.05, 0.1) is 5.75 Å². The second-order valence-electron chi connectivity index (χ2n) is 4.81. The van der Waals surface area contributed by atoms with Crippen LogP contribution in [0.4, 0.5) is 0 Å². The first-order valence-electron chi connectivity index (χ1n) is 6.39. The Morgan fingerprint density at radius 3 is 2.43 bits per heavy atom. The first-order valence-corrected chi connectivity index (χ1v) is 10.1. The highest BCUT2D eigenvalue weighted by Crippen LogP contribution is 2.08.